The molecule has 0 unspecified atom stereocenters. The van der Waals surface area contributed by atoms with Crippen LogP contribution in [0.3, 0.4) is 0 Å². The van der Waals surface area contributed by atoms with Crippen LogP contribution in [-0.2, 0) is 4.79 Å². The van der Waals surface area contributed by atoms with Gasteiger partial charge < -0.3 is 10.1 Å². The molecule has 0 fully saturated rings. The number of carbonyl (C=O) groups excluding carboxylic acids is 1. The van der Waals surface area contributed by atoms with Gasteiger partial charge in [-0.05, 0) is 43.0 Å². The molecule has 0 saturated heterocycles. The van der Waals surface area contributed by atoms with Crippen molar-refractivity contribution in [3.05, 3.63) is 59.7 Å². The van der Waals surface area contributed by atoms with Crippen LogP contribution in [0.4, 0.5) is 5.69 Å². The number of aryl methyl sites for hydroxylation is 1. The lowest BCUT2D eigenvalue weighted by Crippen LogP contribution is -2.30. The molecule has 0 spiro atoms. The molecule has 2 aromatic carbocycles. The third-order valence-corrected chi connectivity index (χ3v) is 3.61. The minimum absolute atomic E-state index is 0.142. The van der Waals surface area contributed by atoms with Crippen molar-refractivity contribution >= 4 is 11.6 Å². The standard InChI is InChI=1S/C19H23NO2/c1-13(2)16-10-6-7-11-17(16)20-19(21)15(4)22-18-12-8-5-9-14(18)3/h5-13,15H,1-4H3,(H,20,21)/t15-/m0/s1. The lowest BCUT2D eigenvalue weighted by Gasteiger charge is -2.18. The molecular weight excluding hydrogens is 274 g/mol. The van der Waals surface area contributed by atoms with Crippen LogP contribution in [-0.4, -0.2) is 12.0 Å². The lowest BCUT2D eigenvalue weighted by molar-refractivity contribution is -0.122. The maximum atomic E-state index is 12.4. The second-order valence-corrected chi connectivity index (χ2v) is 5.76. The Hall–Kier alpha value is -2.29. The van der Waals surface area contributed by atoms with Gasteiger partial charge in [0.1, 0.15) is 5.75 Å². The summed E-state index contributed by atoms with van der Waals surface area (Å²) in [5, 5.41) is 2.97. The highest BCUT2D eigenvalue weighted by atomic mass is 16.5. The number of amides is 1. The van der Waals surface area contributed by atoms with Gasteiger partial charge in [0.05, 0.1) is 0 Å². The Bertz CT molecular complexity index is 649. The van der Waals surface area contributed by atoms with E-state index in [1.807, 2.05) is 55.5 Å². The maximum Gasteiger partial charge on any atom is 0.265 e. The third kappa shape index (κ3) is 3.88. The van der Waals surface area contributed by atoms with Gasteiger partial charge in [0.2, 0.25) is 0 Å². The number of carbonyl (C=O) groups is 1. The fourth-order valence-corrected chi connectivity index (χ4v) is 2.28. The molecule has 22 heavy (non-hydrogen) atoms. The van der Waals surface area contributed by atoms with E-state index in [0.29, 0.717) is 5.92 Å². The largest absolute Gasteiger partial charge is 0.481 e. The third-order valence-electron chi connectivity index (χ3n) is 3.61. The Morgan fingerprint density at radius 1 is 1.00 bits per heavy atom. The molecule has 0 saturated carbocycles. The first-order chi connectivity index (χ1) is 10.5. The molecule has 116 valence electrons. The molecular formula is C19H23NO2. The molecule has 2 aromatic rings. The molecule has 0 bridgehead atoms. The Labute approximate surface area is 132 Å². The highest BCUT2D eigenvalue weighted by Crippen LogP contribution is 2.24. The number of rotatable bonds is 5. The topological polar surface area (TPSA) is 38.3 Å². The van der Waals surface area contributed by atoms with Crippen molar-refractivity contribution in [2.45, 2.75) is 39.7 Å². The summed E-state index contributed by atoms with van der Waals surface area (Å²) in [6.45, 7) is 7.95. The highest BCUT2D eigenvalue weighted by Gasteiger charge is 2.17. The van der Waals surface area contributed by atoms with Crippen LogP contribution in [0.5, 0.6) is 5.75 Å². The van der Waals surface area contributed by atoms with Gasteiger partial charge in [-0.3, -0.25) is 4.79 Å². The SMILES string of the molecule is Cc1ccccc1O[C@@H](C)C(=O)Nc1ccccc1C(C)C. The normalized spacial score (nSPS) is 12.0. The van der Waals surface area contributed by atoms with Crippen LogP contribution in [0.2, 0.25) is 0 Å². The van der Waals surface area contributed by atoms with Crippen molar-refractivity contribution < 1.29 is 9.53 Å². The zero-order valence-corrected chi connectivity index (χ0v) is 13.6. The van der Waals surface area contributed by atoms with E-state index in [2.05, 4.69) is 19.2 Å². The molecule has 0 heterocycles. The Kier molecular flexibility index (Phi) is 5.21. The molecule has 1 amide bonds. The van der Waals surface area contributed by atoms with E-state index in [0.717, 1.165) is 22.6 Å². The number of ether oxygens (including phenoxy) is 1. The van der Waals surface area contributed by atoms with Gasteiger partial charge in [-0.15, -0.1) is 0 Å². The highest BCUT2D eigenvalue weighted by molar-refractivity contribution is 5.94. The quantitative estimate of drug-likeness (QED) is 0.881. The van der Waals surface area contributed by atoms with E-state index in [-0.39, 0.29) is 5.91 Å². The predicted octanol–water partition coefficient (Wildman–Crippen LogP) is 4.52. The summed E-state index contributed by atoms with van der Waals surface area (Å²) >= 11 is 0. The fraction of sp³-hybridized carbons (Fsp3) is 0.316. The minimum atomic E-state index is -0.554. The zero-order valence-electron chi connectivity index (χ0n) is 13.6. The number of para-hydroxylation sites is 2. The van der Waals surface area contributed by atoms with Gasteiger partial charge in [0.15, 0.2) is 6.10 Å². The summed E-state index contributed by atoms with van der Waals surface area (Å²) in [5.74, 6) is 0.947. The van der Waals surface area contributed by atoms with Crippen molar-refractivity contribution in [3.63, 3.8) is 0 Å². The van der Waals surface area contributed by atoms with Crippen molar-refractivity contribution in [2.24, 2.45) is 0 Å². The van der Waals surface area contributed by atoms with E-state index in [1.165, 1.54) is 0 Å². The molecule has 0 aromatic heterocycles. The summed E-state index contributed by atoms with van der Waals surface area (Å²) in [7, 11) is 0. The molecule has 1 N–H and O–H groups in total. The summed E-state index contributed by atoms with van der Waals surface area (Å²) in [5.41, 5.74) is 2.99. The Morgan fingerprint density at radius 3 is 2.32 bits per heavy atom. The second-order valence-electron chi connectivity index (χ2n) is 5.76. The van der Waals surface area contributed by atoms with Gasteiger partial charge in [-0.25, -0.2) is 0 Å². The molecule has 0 aliphatic carbocycles. The van der Waals surface area contributed by atoms with Crippen molar-refractivity contribution in [1.82, 2.24) is 0 Å². The molecule has 0 radical (unpaired) electrons. The van der Waals surface area contributed by atoms with E-state index in [9.17, 15) is 4.79 Å². The molecule has 3 heteroatoms. The predicted molar refractivity (Wildman–Crippen MR) is 90.4 cm³/mol. The summed E-state index contributed by atoms with van der Waals surface area (Å²) in [4.78, 5) is 12.4. The number of nitrogens with one attached hydrogen (secondary N) is 1. The van der Waals surface area contributed by atoms with E-state index >= 15 is 0 Å². The smallest absolute Gasteiger partial charge is 0.265 e. The summed E-state index contributed by atoms with van der Waals surface area (Å²) in [6.07, 6.45) is -0.554. The first-order valence-electron chi connectivity index (χ1n) is 7.61. The van der Waals surface area contributed by atoms with Crippen molar-refractivity contribution in [2.75, 3.05) is 5.32 Å². The van der Waals surface area contributed by atoms with Gasteiger partial charge in [0, 0.05) is 5.69 Å². The zero-order chi connectivity index (χ0) is 16.1. The van der Waals surface area contributed by atoms with Crippen LogP contribution in [0.1, 0.15) is 37.8 Å². The fourth-order valence-electron chi connectivity index (χ4n) is 2.28. The Morgan fingerprint density at radius 2 is 1.64 bits per heavy atom. The van der Waals surface area contributed by atoms with Gasteiger partial charge in [-0.2, -0.15) is 0 Å². The van der Waals surface area contributed by atoms with Crippen LogP contribution in [0.25, 0.3) is 0 Å². The summed E-state index contributed by atoms with van der Waals surface area (Å²) < 4.78 is 5.77. The van der Waals surface area contributed by atoms with E-state index < -0.39 is 6.10 Å². The summed E-state index contributed by atoms with van der Waals surface area (Å²) in [6, 6.07) is 15.6. The monoisotopic (exact) mass is 297 g/mol. The van der Waals surface area contributed by atoms with Gasteiger partial charge in [-0.1, -0.05) is 50.2 Å². The Balaban J connectivity index is 2.08. The second kappa shape index (κ2) is 7.12. The first kappa shape index (κ1) is 16.1. The average Bonchev–Trinajstić information content (AvgIpc) is 2.49. The van der Waals surface area contributed by atoms with E-state index in [1.54, 1.807) is 6.92 Å². The van der Waals surface area contributed by atoms with Crippen molar-refractivity contribution in [1.29, 1.82) is 0 Å². The van der Waals surface area contributed by atoms with Crippen LogP contribution >= 0.6 is 0 Å². The number of hydrogen-bond donors (Lipinski definition) is 1. The van der Waals surface area contributed by atoms with Gasteiger partial charge >= 0.3 is 0 Å². The average molecular weight is 297 g/mol. The molecule has 1 atom stereocenters. The number of anilines is 1. The molecule has 0 aliphatic heterocycles. The van der Waals surface area contributed by atoms with Crippen LogP contribution in [0.15, 0.2) is 48.5 Å². The molecule has 2 rings (SSSR count). The van der Waals surface area contributed by atoms with E-state index in [4.69, 9.17) is 4.74 Å². The maximum absolute atomic E-state index is 12.4. The minimum Gasteiger partial charge on any atom is -0.481 e. The first-order valence-corrected chi connectivity index (χ1v) is 7.61. The van der Waals surface area contributed by atoms with Crippen LogP contribution in [0, 0.1) is 6.92 Å². The van der Waals surface area contributed by atoms with Crippen LogP contribution < -0.4 is 10.1 Å². The number of benzene rings is 2. The molecule has 3 nitrogen and oxygen atoms in total. The number of hydrogen-bond acceptors (Lipinski definition) is 2. The molecule has 0 aliphatic rings. The van der Waals surface area contributed by atoms with Crippen molar-refractivity contribution in [3.8, 4) is 5.75 Å². The lowest BCUT2D eigenvalue weighted by atomic mass is 10.0. The van der Waals surface area contributed by atoms with Gasteiger partial charge in [0.25, 0.3) is 5.91 Å².